The number of fused-ring (bicyclic) bond motifs is 5. The lowest BCUT2D eigenvalue weighted by molar-refractivity contribution is -0.0950. The van der Waals surface area contributed by atoms with E-state index in [0.29, 0.717) is 6.04 Å². The van der Waals surface area contributed by atoms with E-state index in [9.17, 15) is 0 Å². The fraction of sp³-hybridized carbons (Fsp3) is 1.00. The van der Waals surface area contributed by atoms with Gasteiger partial charge in [0.25, 0.3) is 0 Å². The maximum Gasteiger partial charge on any atom is 0.0692 e. The van der Waals surface area contributed by atoms with E-state index in [2.05, 4.69) is 19.2 Å². The normalized spacial score (nSPS) is 47.7. The third-order valence-electron chi connectivity index (χ3n) is 7.66. The third kappa shape index (κ3) is 2.37. The molecule has 1 aliphatic heterocycles. The van der Waals surface area contributed by atoms with E-state index in [-0.39, 0.29) is 5.60 Å². The van der Waals surface area contributed by atoms with Crippen LogP contribution in [0.2, 0.25) is 0 Å². The summed E-state index contributed by atoms with van der Waals surface area (Å²) in [5, 5.41) is 4.11. The smallest absolute Gasteiger partial charge is 0.0692 e. The van der Waals surface area contributed by atoms with E-state index in [4.69, 9.17) is 4.74 Å². The molecule has 0 radical (unpaired) electrons. The highest BCUT2D eigenvalue weighted by atomic mass is 16.5. The molecule has 21 heavy (non-hydrogen) atoms. The van der Waals surface area contributed by atoms with E-state index in [0.717, 1.165) is 36.3 Å². The maximum atomic E-state index is 6.15. The fourth-order valence-corrected chi connectivity index (χ4v) is 6.48. The predicted octanol–water partition coefficient (Wildman–Crippen LogP) is 4.14. The van der Waals surface area contributed by atoms with Gasteiger partial charge >= 0.3 is 0 Å². The number of hydrogen-bond donors (Lipinski definition) is 1. The van der Waals surface area contributed by atoms with Gasteiger partial charge < -0.3 is 10.1 Å². The molecule has 3 saturated carbocycles. The van der Waals surface area contributed by atoms with Crippen LogP contribution in [0.1, 0.15) is 71.6 Å². The largest absolute Gasteiger partial charge is 0.375 e. The van der Waals surface area contributed by atoms with Gasteiger partial charge in [-0.3, -0.25) is 0 Å². The molecule has 120 valence electrons. The van der Waals surface area contributed by atoms with Crippen LogP contribution in [0, 0.1) is 23.7 Å². The number of hydrogen-bond acceptors (Lipinski definition) is 2. The molecule has 4 rings (SSSR count). The zero-order valence-electron chi connectivity index (χ0n) is 13.9. The van der Waals surface area contributed by atoms with E-state index < -0.39 is 0 Å². The molecule has 6 atom stereocenters. The lowest BCUT2D eigenvalue weighted by Crippen LogP contribution is -2.51. The Morgan fingerprint density at radius 2 is 1.81 bits per heavy atom. The SMILES string of the molecule is CCC1(CC)CC(NC2CC3CC2C2CCCC32)CCO1. The van der Waals surface area contributed by atoms with Crippen LogP contribution >= 0.6 is 0 Å². The van der Waals surface area contributed by atoms with Crippen LogP contribution in [-0.2, 0) is 4.74 Å². The van der Waals surface area contributed by atoms with Crippen LogP contribution in [0.5, 0.6) is 0 Å². The molecule has 2 nitrogen and oxygen atoms in total. The molecule has 0 amide bonds. The van der Waals surface area contributed by atoms with Gasteiger partial charge in [0.05, 0.1) is 5.60 Å². The summed E-state index contributed by atoms with van der Waals surface area (Å²) >= 11 is 0. The number of nitrogens with one attached hydrogen (secondary N) is 1. The molecule has 2 heteroatoms. The van der Waals surface area contributed by atoms with Crippen molar-refractivity contribution in [2.75, 3.05) is 6.61 Å². The lowest BCUT2D eigenvalue weighted by Gasteiger charge is -2.43. The molecule has 1 N–H and O–H groups in total. The minimum absolute atomic E-state index is 0.170. The van der Waals surface area contributed by atoms with E-state index in [1.165, 1.54) is 44.9 Å². The molecular weight excluding hydrogens is 258 g/mol. The van der Waals surface area contributed by atoms with Crippen molar-refractivity contribution >= 4 is 0 Å². The highest BCUT2D eigenvalue weighted by Gasteiger charge is 2.54. The average Bonchev–Trinajstić information content (AvgIpc) is 3.19. The first kappa shape index (κ1) is 14.5. The van der Waals surface area contributed by atoms with Crippen molar-refractivity contribution in [3.63, 3.8) is 0 Å². The molecule has 4 aliphatic rings. The molecule has 0 aromatic heterocycles. The zero-order chi connectivity index (χ0) is 14.4. The van der Waals surface area contributed by atoms with Crippen LogP contribution < -0.4 is 5.32 Å². The van der Waals surface area contributed by atoms with Gasteiger partial charge in [-0.05, 0) is 75.0 Å². The lowest BCUT2D eigenvalue weighted by atomic mass is 9.78. The first-order valence-corrected chi connectivity index (χ1v) is 9.64. The molecule has 1 saturated heterocycles. The Kier molecular flexibility index (Phi) is 3.82. The Balaban J connectivity index is 1.39. The summed E-state index contributed by atoms with van der Waals surface area (Å²) in [6, 6.07) is 1.55. The number of ether oxygens (including phenoxy) is 1. The first-order valence-electron chi connectivity index (χ1n) is 9.64. The summed E-state index contributed by atoms with van der Waals surface area (Å²) in [6.07, 6.45) is 12.4. The van der Waals surface area contributed by atoms with E-state index in [1.54, 1.807) is 12.8 Å². The first-order chi connectivity index (χ1) is 10.2. The second-order valence-corrected chi connectivity index (χ2v) is 8.36. The minimum atomic E-state index is 0.170. The Bertz CT molecular complexity index is 378. The van der Waals surface area contributed by atoms with Crippen molar-refractivity contribution in [2.45, 2.75) is 89.3 Å². The highest BCUT2D eigenvalue weighted by molar-refractivity contribution is 5.06. The van der Waals surface area contributed by atoms with Crippen molar-refractivity contribution in [3.05, 3.63) is 0 Å². The van der Waals surface area contributed by atoms with Gasteiger partial charge in [0.1, 0.15) is 0 Å². The fourth-order valence-electron chi connectivity index (χ4n) is 6.48. The standard InChI is InChI=1S/C19H33NO/c1-3-19(4-2)12-14(8-9-21-19)20-18-11-13-10-17(18)16-7-5-6-15(13)16/h13-18,20H,3-12H2,1-2H3. The summed E-state index contributed by atoms with van der Waals surface area (Å²) in [7, 11) is 0. The van der Waals surface area contributed by atoms with E-state index >= 15 is 0 Å². The molecule has 0 aromatic rings. The van der Waals surface area contributed by atoms with E-state index in [1.807, 2.05) is 0 Å². The van der Waals surface area contributed by atoms with Gasteiger partial charge in [0.15, 0.2) is 0 Å². The zero-order valence-corrected chi connectivity index (χ0v) is 13.9. The van der Waals surface area contributed by atoms with Gasteiger partial charge in [-0.25, -0.2) is 0 Å². The van der Waals surface area contributed by atoms with Gasteiger partial charge in [-0.1, -0.05) is 20.3 Å². The second-order valence-electron chi connectivity index (χ2n) is 8.36. The van der Waals surface area contributed by atoms with Crippen molar-refractivity contribution in [1.82, 2.24) is 5.32 Å². The van der Waals surface area contributed by atoms with Crippen molar-refractivity contribution < 1.29 is 4.74 Å². The van der Waals surface area contributed by atoms with Crippen LogP contribution in [0.3, 0.4) is 0 Å². The molecule has 0 spiro atoms. The summed E-state index contributed by atoms with van der Waals surface area (Å²) in [4.78, 5) is 0. The van der Waals surface area contributed by atoms with Crippen LogP contribution in [-0.4, -0.2) is 24.3 Å². The van der Waals surface area contributed by atoms with Crippen LogP contribution in [0.25, 0.3) is 0 Å². The Labute approximate surface area is 130 Å². The molecule has 3 aliphatic carbocycles. The Morgan fingerprint density at radius 1 is 1.00 bits per heavy atom. The van der Waals surface area contributed by atoms with Gasteiger partial charge in [-0.15, -0.1) is 0 Å². The van der Waals surface area contributed by atoms with Gasteiger partial charge in [0.2, 0.25) is 0 Å². The second kappa shape index (κ2) is 5.53. The summed E-state index contributed by atoms with van der Waals surface area (Å²) in [5.74, 6) is 4.29. The molecule has 4 fully saturated rings. The molecular formula is C19H33NO. The predicted molar refractivity (Wildman–Crippen MR) is 86.3 cm³/mol. The van der Waals surface area contributed by atoms with Crippen LogP contribution in [0.15, 0.2) is 0 Å². The molecule has 1 heterocycles. The third-order valence-corrected chi connectivity index (χ3v) is 7.66. The summed E-state index contributed by atoms with van der Waals surface area (Å²) in [6.45, 7) is 5.56. The van der Waals surface area contributed by atoms with Gasteiger partial charge in [0, 0.05) is 18.7 Å². The Hall–Kier alpha value is -0.0800. The van der Waals surface area contributed by atoms with Crippen molar-refractivity contribution in [1.29, 1.82) is 0 Å². The van der Waals surface area contributed by atoms with Crippen LogP contribution in [0.4, 0.5) is 0 Å². The highest BCUT2D eigenvalue weighted by Crippen LogP contribution is 2.58. The van der Waals surface area contributed by atoms with Crippen molar-refractivity contribution in [2.24, 2.45) is 23.7 Å². The quantitative estimate of drug-likeness (QED) is 0.840. The maximum absolute atomic E-state index is 6.15. The molecule has 2 bridgehead atoms. The van der Waals surface area contributed by atoms with Crippen molar-refractivity contribution in [3.8, 4) is 0 Å². The topological polar surface area (TPSA) is 21.3 Å². The Morgan fingerprint density at radius 3 is 2.62 bits per heavy atom. The molecule has 0 aromatic carbocycles. The van der Waals surface area contributed by atoms with Gasteiger partial charge in [-0.2, -0.15) is 0 Å². The monoisotopic (exact) mass is 291 g/mol. The summed E-state index contributed by atoms with van der Waals surface area (Å²) in [5.41, 5.74) is 0.170. The summed E-state index contributed by atoms with van der Waals surface area (Å²) < 4.78 is 6.15. The number of rotatable bonds is 4. The average molecular weight is 291 g/mol. The minimum Gasteiger partial charge on any atom is -0.375 e. The molecule has 6 unspecified atom stereocenters.